The van der Waals surface area contributed by atoms with Crippen molar-refractivity contribution in [2.45, 2.75) is 6.42 Å². The molecule has 0 spiro atoms. The molecule has 116 valence electrons. The van der Waals surface area contributed by atoms with Crippen molar-refractivity contribution >= 4 is 23.5 Å². The van der Waals surface area contributed by atoms with Crippen molar-refractivity contribution in [2.24, 2.45) is 0 Å². The van der Waals surface area contributed by atoms with Gasteiger partial charge in [0.15, 0.2) is 0 Å². The molecule has 0 atom stereocenters. The van der Waals surface area contributed by atoms with Crippen LogP contribution >= 0.6 is 11.6 Å². The van der Waals surface area contributed by atoms with E-state index in [0.29, 0.717) is 6.61 Å². The van der Waals surface area contributed by atoms with Crippen LogP contribution in [0.25, 0.3) is 0 Å². The first-order valence-electron chi connectivity index (χ1n) is 6.05. The van der Waals surface area contributed by atoms with E-state index in [2.05, 4.69) is 11.9 Å². The summed E-state index contributed by atoms with van der Waals surface area (Å²) in [6.07, 6.45) is 2.62. The molecule has 0 unspecified atom stereocenters. The van der Waals surface area contributed by atoms with E-state index >= 15 is 0 Å². The van der Waals surface area contributed by atoms with E-state index in [-0.39, 0.29) is 0 Å². The molecule has 0 radical (unpaired) electrons. The Morgan fingerprint density at radius 3 is 2.48 bits per heavy atom. The number of carbonyl (C=O) groups is 2. The number of nitrogens with one attached hydrogen (secondary N) is 1. The van der Waals surface area contributed by atoms with E-state index in [0.717, 1.165) is 29.3 Å². The lowest BCUT2D eigenvalue weighted by molar-refractivity contribution is -0.159. The summed E-state index contributed by atoms with van der Waals surface area (Å²) in [5.41, 5.74) is 1.08. The van der Waals surface area contributed by atoms with Crippen molar-refractivity contribution in [1.82, 2.24) is 5.32 Å². The zero-order chi connectivity index (χ0) is 16.3. The minimum atomic E-state index is -1.82. The molecular formula is C14H18ClNO5. The molecule has 0 heterocycles. The quantitative estimate of drug-likeness (QED) is 0.421. The van der Waals surface area contributed by atoms with E-state index in [4.69, 9.17) is 36.1 Å². The Morgan fingerprint density at radius 2 is 2.00 bits per heavy atom. The van der Waals surface area contributed by atoms with E-state index < -0.39 is 11.9 Å². The number of ether oxygens (including phenoxy) is 1. The summed E-state index contributed by atoms with van der Waals surface area (Å²) in [6.45, 7) is 5.20. The van der Waals surface area contributed by atoms with Crippen LogP contribution in [0, 0.1) is 0 Å². The van der Waals surface area contributed by atoms with Gasteiger partial charge >= 0.3 is 11.9 Å². The van der Waals surface area contributed by atoms with Gasteiger partial charge in [-0.15, -0.1) is 6.58 Å². The Bertz CT molecular complexity index is 478. The van der Waals surface area contributed by atoms with Gasteiger partial charge in [0.2, 0.25) is 0 Å². The molecule has 0 saturated heterocycles. The smallest absolute Gasteiger partial charge is 0.414 e. The van der Waals surface area contributed by atoms with Gasteiger partial charge in [0.25, 0.3) is 0 Å². The summed E-state index contributed by atoms with van der Waals surface area (Å²) in [5.74, 6) is -2.76. The van der Waals surface area contributed by atoms with Crippen LogP contribution in [0.5, 0.6) is 5.75 Å². The number of benzene rings is 1. The molecule has 0 aliphatic heterocycles. The Kier molecular flexibility index (Phi) is 9.66. The van der Waals surface area contributed by atoms with Crippen molar-refractivity contribution in [1.29, 1.82) is 0 Å². The molecule has 0 aliphatic rings. The number of carboxylic acid groups (broad SMARTS) is 2. The Balaban J connectivity index is 0.000000567. The van der Waals surface area contributed by atoms with Gasteiger partial charge in [-0.1, -0.05) is 17.7 Å². The molecule has 1 aromatic rings. The standard InChI is InChI=1S/C12H16ClNO.C2H2O4/c1-3-4-10-9-11(13)5-6-12(10)15-8-7-14-2;3-1(4)2(5)6/h3,5-6,9,14H,1,4,7-8H2,2H3;(H,3,4)(H,5,6). The molecule has 0 amide bonds. The number of aliphatic carboxylic acids is 2. The summed E-state index contributed by atoms with van der Waals surface area (Å²) in [5, 5.41) is 18.5. The highest BCUT2D eigenvalue weighted by Crippen LogP contribution is 2.23. The van der Waals surface area contributed by atoms with Crippen molar-refractivity contribution < 1.29 is 24.5 Å². The first-order chi connectivity index (χ1) is 9.92. The summed E-state index contributed by atoms with van der Waals surface area (Å²) in [6, 6.07) is 5.65. The Hall–Kier alpha value is -2.05. The summed E-state index contributed by atoms with van der Waals surface area (Å²) in [4.78, 5) is 18.2. The van der Waals surface area contributed by atoms with Crippen molar-refractivity contribution in [3.05, 3.63) is 41.4 Å². The van der Waals surface area contributed by atoms with Crippen LogP contribution in [0.3, 0.4) is 0 Å². The number of likely N-dealkylation sites (N-methyl/N-ethyl adjacent to an activating group) is 1. The second kappa shape index (κ2) is 10.7. The normalized spacial score (nSPS) is 9.24. The average Bonchev–Trinajstić information content (AvgIpc) is 2.42. The minimum absolute atomic E-state index is 0.655. The predicted molar refractivity (Wildman–Crippen MR) is 80.0 cm³/mol. The molecule has 1 aromatic carbocycles. The fourth-order valence-corrected chi connectivity index (χ4v) is 1.46. The van der Waals surface area contributed by atoms with Crippen LogP contribution in [0.2, 0.25) is 5.02 Å². The summed E-state index contributed by atoms with van der Waals surface area (Å²) >= 11 is 5.91. The van der Waals surface area contributed by atoms with Crippen molar-refractivity contribution in [3.63, 3.8) is 0 Å². The fraction of sp³-hybridized carbons (Fsp3) is 0.286. The predicted octanol–water partition coefficient (Wildman–Crippen LogP) is 1.82. The number of allylic oxidation sites excluding steroid dienone is 1. The molecule has 0 aliphatic carbocycles. The average molecular weight is 316 g/mol. The maximum absolute atomic E-state index is 9.10. The van der Waals surface area contributed by atoms with Crippen LogP contribution in [-0.2, 0) is 16.0 Å². The minimum Gasteiger partial charge on any atom is -0.492 e. The Labute approximate surface area is 128 Å². The van der Waals surface area contributed by atoms with Gasteiger partial charge in [-0.2, -0.15) is 0 Å². The summed E-state index contributed by atoms with van der Waals surface area (Å²) in [7, 11) is 1.90. The molecule has 21 heavy (non-hydrogen) atoms. The molecule has 3 N–H and O–H groups in total. The third-order valence-corrected chi connectivity index (χ3v) is 2.41. The molecule has 6 nitrogen and oxygen atoms in total. The number of halogens is 1. The van der Waals surface area contributed by atoms with Gasteiger partial charge in [0, 0.05) is 11.6 Å². The zero-order valence-corrected chi connectivity index (χ0v) is 12.4. The van der Waals surface area contributed by atoms with Gasteiger partial charge in [-0.3, -0.25) is 0 Å². The molecule has 1 rings (SSSR count). The van der Waals surface area contributed by atoms with Crippen LogP contribution in [0.15, 0.2) is 30.9 Å². The number of hydrogen-bond donors (Lipinski definition) is 3. The molecule has 0 saturated carbocycles. The lowest BCUT2D eigenvalue weighted by atomic mass is 10.1. The largest absolute Gasteiger partial charge is 0.492 e. The summed E-state index contributed by atoms with van der Waals surface area (Å²) < 4.78 is 5.62. The third-order valence-electron chi connectivity index (χ3n) is 2.18. The van der Waals surface area contributed by atoms with Gasteiger partial charge in [-0.05, 0) is 37.2 Å². The molecule has 0 aromatic heterocycles. The first-order valence-corrected chi connectivity index (χ1v) is 6.43. The van der Waals surface area contributed by atoms with E-state index in [1.165, 1.54) is 0 Å². The zero-order valence-electron chi connectivity index (χ0n) is 11.6. The SMILES string of the molecule is C=CCc1cc(Cl)ccc1OCCNC.O=C(O)C(=O)O. The number of hydrogen-bond acceptors (Lipinski definition) is 4. The molecular weight excluding hydrogens is 298 g/mol. The number of carboxylic acids is 2. The second-order valence-corrected chi connectivity index (χ2v) is 4.24. The topological polar surface area (TPSA) is 95.9 Å². The van der Waals surface area contributed by atoms with Crippen LogP contribution in [0.1, 0.15) is 5.56 Å². The fourth-order valence-electron chi connectivity index (χ4n) is 1.27. The van der Waals surface area contributed by atoms with Gasteiger partial charge in [0.1, 0.15) is 12.4 Å². The van der Waals surface area contributed by atoms with E-state index in [1.54, 1.807) is 0 Å². The first kappa shape index (κ1) is 18.9. The number of rotatable bonds is 6. The lowest BCUT2D eigenvalue weighted by Crippen LogP contribution is -2.16. The maximum Gasteiger partial charge on any atom is 0.414 e. The molecule has 7 heteroatoms. The monoisotopic (exact) mass is 315 g/mol. The molecule has 0 fully saturated rings. The van der Waals surface area contributed by atoms with Crippen LogP contribution in [0.4, 0.5) is 0 Å². The highest BCUT2D eigenvalue weighted by molar-refractivity contribution is 6.30. The molecule has 0 bridgehead atoms. The maximum atomic E-state index is 9.10. The van der Waals surface area contributed by atoms with Crippen LogP contribution < -0.4 is 10.1 Å². The lowest BCUT2D eigenvalue weighted by Gasteiger charge is -2.10. The van der Waals surface area contributed by atoms with Crippen molar-refractivity contribution in [3.8, 4) is 5.75 Å². The van der Waals surface area contributed by atoms with E-state index in [9.17, 15) is 0 Å². The second-order valence-electron chi connectivity index (χ2n) is 3.81. The highest BCUT2D eigenvalue weighted by Gasteiger charge is 2.04. The van der Waals surface area contributed by atoms with Gasteiger partial charge in [-0.25, -0.2) is 9.59 Å². The van der Waals surface area contributed by atoms with Gasteiger partial charge < -0.3 is 20.3 Å². The Morgan fingerprint density at radius 1 is 1.38 bits per heavy atom. The van der Waals surface area contributed by atoms with E-state index in [1.807, 2.05) is 31.3 Å². The van der Waals surface area contributed by atoms with Crippen LogP contribution in [-0.4, -0.2) is 42.4 Å². The van der Waals surface area contributed by atoms with Gasteiger partial charge in [0.05, 0.1) is 0 Å². The van der Waals surface area contributed by atoms with Crippen molar-refractivity contribution in [2.75, 3.05) is 20.2 Å². The highest BCUT2D eigenvalue weighted by atomic mass is 35.5. The third kappa shape index (κ3) is 8.67.